The van der Waals surface area contributed by atoms with Crippen molar-refractivity contribution in [1.29, 1.82) is 0 Å². The molecule has 2 aromatic rings. The SMILES string of the molecule is CN(C)c1ccc(/C=C2/SC(=Nc3ccc(O)cc3)NC2=O)cc1. The van der Waals surface area contributed by atoms with Crippen LogP contribution in [0.4, 0.5) is 11.4 Å². The van der Waals surface area contributed by atoms with E-state index in [-0.39, 0.29) is 11.7 Å². The molecule has 1 aliphatic rings. The van der Waals surface area contributed by atoms with Gasteiger partial charge in [-0.05, 0) is 59.8 Å². The number of carbonyl (C=O) groups is 1. The molecule has 0 unspecified atom stereocenters. The Morgan fingerprint density at radius 2 is 1.75 bits per heavy atom. The Labute approximate surface area is 144 Å². The van der Waals surface area contributed by atoms with Crippen LogP contribution in [0.1, 0.15) is 5.56 Å². The molecular weight excluding hydrogens is 322 g/mol. The highest BCUT2D eigenvalue weighted by atomic mass is 32.2. The van der Waals surface area contributed by atoms with Gasteiger partial charge in [-0.25, -0.2) is 4.99 Å². The van der Waals surface area contributed by atoms with Crippen LogP contribution in [0.25, 0.3) is 6.08 Å². The molecule has 6 heteroatoms. The normalized spacial score (nSPS) is 17.3. The lowest BCUT2D eigenvalue weighted by Crippen LogP contribution is -2.19. The second-order valence-corrected chi connectivity index (χ2v) is 6.51. The summed E-state index contributed by atoms with van der Waals surface area (Å²) in [7, 11) is 3.97. The first kappa shape index (κ1) is 16.1. The molecule has 2 aromatic carbocycles. The van der Waals surface area contributed by atoms with E-state index >= 15 is 0 Å². The monoisotopic (exact) mass is 339 g/mol. The lowest BCUT2D eigenvalue weighted by atomic mass is 10.2. The van der Waals surface area contributed by atoms with Crippen LogP contribution in [0.5, 0.6) is 5.75 Å². The van der Waals surface area contributed by atoms with Crippen LogP contribution in [0.2, 0.25) is 0 Å². The Morgan fingerprint density at radius 1 is 1.08 bits per heavy atom. The summed E-state index contributed by atoms with van der Waals surface area (Å²) in [5.74, 6) is 0.0260. The van der Waals surface area contributed by atoms with Gasteiger partial charge in [-0.15, -0.1) is 0 Å². The van der Waals surface area contributed by atoms with Crippen molar-refractivity contribution >= 4 is 40.3 Å². The van der Waals surface area contributed by atoms with Crippen molar-refractivity contribution in [2.24, 2.45) is 4.99 Å². The predicted octanol–water partition coefficient (Wildman–Crippen LogP) is 3.35. The molecule has 24 heavy (non-hydrogen) atoms. The maximum atomic E-state index is 12.1. The summed E-state index contributed by atoms with van der Waals surface area (Å²) < 4.78 is 0. The van der Waals surface area contributed by atoms with Gasteiger partial charge in [0.1, 0.15) is 5.75 Å². The number of amides is 1. The fraction of sp³-hybridized carbons (Fsp3) is 0.111. The number of hydrogen-bond donors (Lipinski definition) is 2. The van der Waals surface area contributed by atoms with E-state index in [1.807, 2.05) is 49.3 Å². The summed E-state index contributed by atoms with van der Waals surface area (Å²) in [6.45, 7) is 0. The lowest BCUT2D eigenvalue weighted by molar-refractivity contribution is -0.115. The molecular formula is C18H17N3O2S. The number of anilines is 1. The molecule has 0 saturated carbocycles. The van der Waals surface area contributed by atoms with Gasteiger partial charge in [-0.1, -0.05) is 12.1 Å². The van der Waals surface area contributed by atoms with Gasteiger partial charge in [0.25, 0.3) is 5.91 Å². The number of carbonyl (C=O) groups excluding carboxylic acids is 1. The molecule has 1 amide bonds. The second kappa shape index (κ2) is 6.80. The van der Waals surface area contributed by atoms with Crippen LogP contribution in [-0.2, 0) is 4.79 Å². The highest BCUT2D eigenvalue weighted by Gasteiger charge is 2.23. The number of phenolic OH excluding ortho intramolecular Hbond substituents is 1. The van der Waals surface area contributed by atoms with Crippen molar-refractivity contribution in [3.63, 3.8) is 0 Å². The third-order valence-electron chi connectivity index (χ3n) is 3.44. The fourth-order valence-electron chi connectivity index (χ4n) is 2.15. The van der Waals surface area contributed by atoms with Crippen LogP contribution in [0, 0.1) is 0 Å². The maximum Gasteiger partial charge on any atom is 0.264 e. The molecule has 0 bridgehead atoms. The number of thioether (sulfide) groups is 1. The number of phenols is 1. The molecule has 3 rings (SSSR count). The Balaban J connectivity index is 1.77. The molecule has 1 aliphatic heterocycles. The lowest BCUT2D eigenvalue weighted by Gasteiger charge is -2.11. The number of hydrogen-bond acceptors (Lipinski definition) is 5. The molecule has 1 saturated heterocycles. The van der Waals surface area contributed by atoms with E-state index in [0.717, 1.165) is 11.3 Å². The molecule has 2 N–H and O–H groups in total. The van der Waals surface area contributed by atoms with Gasteiger partial charge in [-0.2, -0.15) is 0 Å². The van der Waals surface area contributed by atoms with Crippen LogP contribution in [0.3, 0.4) is 0 Å². The molecule has 1 fully saturated rings. The van der Waals surface area contributed by atoms with Gasteiger partial charge >= 0.3 is 0 Å². The summed E-state index contributed by atoms with van der Waals surface area (Å²) >= 11 is 1.30. The number of rotatable bonds is 3. The summed E-state index contributed by atoms with van der Waals surface area (Å²) in [5, 5.41) is 12.6. The van der Waals surface area contributed by atoms with E-state index in [4.69, 9.17) is 0 Å². The summed E-state index contributed by atoms with van der Waals surface area (Å²) in [6, 6.07) is 14.5. The number of amidine groups is 1. The highest BCUT2D eigenvalue weighted by molar-refractivity contribution is 8.18. The third kappa shape index (κ3) is 3.78. The molecule has 0 spiro atoms. The zero-order valence-electron chi connectivity index (χ0n) is 13.4. The zero-order chi connectivity index (χ0) is 17.1. The first-order chi connectivity index (χ1) is 11.5. The number of aromatic hydroxyl groups is 1. The summed E-state index contributed by atoms with van der Waals surface area (Å²) in [6.07, 6.45) is 1.85. The maximum absolute atomic E-state index is 12.1. The van der Waals surface area contributed by atoms with Crippen molar-refractivity contribution in [3.05, 3.63) is 59.0 Å². The molecule has 122 valence electrons. The van der Waals surface area contributed by atoms with Crippen LogP contribution in [-0.4, -0.2) is 30.3 Å². The first-order valence-corrected chi connectivity index (χ1v) is 8.19. The molecule has 5 nitrogen and oxygen atoms in total. The zero-order valence-corrected chi connectivity index (χ0v) is 14.2. The quantitative estimate of drug-likeness (QED) is 0.842. The first-order valence-electron chi connectivity index (χ1n) is 7.37. The van der Waals surface area contributed by atoms with Crippen molar-refractivity contribution in [1.82, 2.24) is 5.32 Å². The van der Waals surface area contributed by atoms with Gasteiger partial charge in [0.2, 0.25) is 0 Å². The van der Waals surface area contributed by atoms with E-state index in [0.29, 0.717) is 15.8 Å². The van der Waals surface area contributed by atoms with Crippen molar-refractivity contribution in [3.8, 4) is 5.75 Å². The van der Waals surface area contributed by atoms with E-state index < -0.39 is 0 Å². The van der Waals surface area contributed by atoms with Gasteiger partial charge in [-0.3, -0.25) is 4.79 Å². The third-order valence-corrected chi connectivity index (χ3v) is 4.35. The number of nitrogens with one attached hydrogen (secondary N) is 1. The number of nitrogens with zero attached hydrogens (tertiary/aromatic N) is 2. The minimum absolute atomic E-state index is 0.158. The number of aliphatic imine (C=N–C) groups is 1. The van der Waals surface area contributed by atoms with E-state index in [2.05, 4.69) is 10.3 Å². The highest BCUT2D eigenvalue weighted by Crippen LogP contribution is 2.28. The Bertz CT molecular complexity index is 809. The van der Waals surface area contributed by atoms with Crippen molar-refractivity contribution < 1.29 is 9.90 Å². The minimum atomic E-state index is -0.158. The fourth-order valence-corrected chi connectivity index (χ4v) is 2.99. The smallest absolute Gasteiger partial charge is 0.264 e. The van der Waals surface area contributed by atoms with Gasteiger partial charge in [0, 0.05) is 19.8 Å². The van der Waals surface area contributed by atoms with Gasteiger partial charge in [0.15, 0.2) is 5.17 Å². The molecule has 0 aromatic heterocycles. The Morgan fingerprint density at radius 3 is 2.38 bits per heavy atom. The molecule has 0 aliphatic carbocycles. The molecule has 0 radical (unpaired) electrons. The average Bonchev–Trinajstić information content (AvgIpc) is 2.89. The average molecular weight is 339 g/mol. The summed E-state index contributed by atoms with van der Waals surface area (Å²) in [4.78, 5) is 19.1. The largest absolute Gasteiger partial charge is 0.508 e. The van der Waals surface area contributed by atoms with Gasteiger partial charge < -0.3 is 15.3 Å². The standard InChI is InChI=1S/C18H17N3O2S/c1-21(2)14-7-3-12(4-8-14)11-16-17(23)20-18(24-16)19-13-5-9-15(22)10-6-13/h3-11,22H,1-2H3,(H,19,20,23)/b16-11+. The van der Waals surface area contributed by atoms with Crippen LogP contribution >= 0.6 is 11.8 Å². The Hall–Kier alpha value is -2.73. The van der Waals surface area contributed by atoms with E-state index in [1.165, 1.54) is 11.8 Å². The molecule has 1 heterocycles. The Kier molecular flexibility index (Phi) is 4.57. The van der Waals surface area contributed by atoms with Crippen molar-refractivity contribution in [2.45, 2.75) is 0 Å². The predicted molar refractivity (Wildman–Crippen MR) is 99.7 cm³/mol. The van der Waals surface area contributed by atoms with Crippen LogP contribution < -0.4 is 10.2 Å². The van der Waals surface area contributed by atoms with E-state index in [1.54, 1.807) is 24.3 Å². The van der Waals surface area contributed by atoms with E-state index in [9.17, 15) is 9.90 Å². The number of benzene rings is 2. The van der Waals surface area contributed by atoms with Crippen molar-refractivity contribution in [2.75, 3.05) is 19.0 Å². The molecule has 0 atom stereocenters. The summed E-state index contributed by atoms with van der Waals surface area (Å²) in [5.41, 5.74) is 2.74. The second-order valence-electron chi connectivity index (χ2n) is 5.48. The van der Waals surface area contributed by atoms with Gasteiger partial charge in [0.05, 0.1) is 10.6 Å². The topological polar surface area (TPSA) is 64.9 Å². The van der Waals surface area contributed by atoms with Crippen LogP contribution in [0.15, 0.2) is 58.4 Å². The minimum Gasteiger partial charge on any atom is -0.508 e.